The summed E-state index contributed by atoms with van der Waals surface area (Å²) in [6.07, 6.45) is 5.77. The molecule has 146 valence electrons. The van der Waals surface area contributed by atoms with E-state index >= 15 is 0 Å². The Labute approximate surface area is 160 Å². The number of H-pyrrole nitrogens is 1. The highest BCUT2D eigenvalue weighted by molar-refractivity contribution is 5.90. The Kier molecular flexibility index (Phi) is 3.77. The summed E-state index contributed by atoms with van der Waals surface area (Å²) < 4.78 is 7.00. The average molecular weight is 382 g/mol. The van der Waals surface area contributed by atoms with E-state index in [9.17, 15) is 9.59 Å². The number of hydrogen-bond acceptors (Lipinski definition) is 7. The summed E-state index contributed by atoms with van der Waals surface area (Å²) >= 11 is 0. The lowest BCUT2D eigenvalue weighted by molar-refractivity contribution is 0.373. The van der Waals surface area contributed by atoms with Gasteiger partial charge in [-0.05, 0) is 38.7 Å². The van der Waals surface area contributed by atoms with Crippen molar-refractivity contribution in [3.8, 4) is 11.5 Å². The number of nitrogens with two attached hydrogens (primary N) is 1. The molecular weight excluding hydrogens is 360 g/mol. The molecule has 3 heterocycles. The van der Waals surface area contributed by atoms with Gasteiger partial charge in [0.25, 0.3) is 11.4 Å². The number of aryl methyl sites for hydroxylation is 1. The first kappa shape index (κ1) is 17.3. The van der Waals surface area contributed by atoms with Crippen molar-refractivity contribution in [3.05, 3.63) is 38.4 Å². The monoisotopic (exact) mass is 382 g/mol. The maximum atomic E-state index is 12.7. The highest BCUT2D eigenvalue weighted by Gasteiger charge is 2.36. The van der Waals surface area contributed by atoms with Crippen LogP contribution in [0.3, 0.4) is 0 Å². The van der Waals surface area contributed by atoms with Crippen molar-refractivity contribution in [1.29, 1.82) is 0 Å². The van der Waals surface area contributed by atoms with Gasteiger partial charge in [0.1, 0.15) is 0 Å². The quantitative estimate of drug-likeness (QED) is 0.702. The summed E-state index contributed by atoms with van der Waals surface area (Å²) in [6, 6.07) is 1.84. The first-order valence-electron chi connectivity index (χ1n) is 9.81. The SMILES string of the molecule is CCn1c(=O)[nH]c(=O)c2c(-c3nc(C4(N)CCCC4)no3)cc(C3CC3)nc21. The molecule has 9 heteroatoms. The molecule has 0 aromatic carbocycles. The van der Waals surface area contributed by atoms with Crippen LogP contribution in [0.2, 0.25) is 0 Å². The molecule has 5 rings (SSSR count). The molecular formula is C19H22N6O3. The van der Waals surface area contributed by atoms with E-state index in [0.29, 0.717) is 34.9 Å². The van der Waals surface area contributed by atoms with Gasteiger partial charge in [0, 0.05) is 18.2 Å². The lowest BCUT2D eigenvalue weighted by Crippen LogP contribution is -2.34. The van der Waals surface area contributed by atoms with Crippen molar-refractivity contribution < 1.29 is 4.52 Å². The van der Waals surface area contributed by atoms with E-state index in [1.807, 2.05) is 13.0 Å². The third kappa shape index (κ3) is 2.61. The Bertz CT molecular complexity index is 1180. The molecule has 28 heavy (non-hydrogen) atoms. The van der Waals surface area contributed by atoms with Gasteiger partial charge in [-0.3, -0.25) is 14.3 Å². The molecule has 3 aromatic rings. The van der Waals surface area contributed by atoms with E-state index in [4.69, 9.17) is 10.3 Å². The molecule has 0 radical (unpaired) electrons. The second-order valence-corrected chi connectivity index (χ2v) is 7.86. The molecule has 2 fully saturated rings. The van der Waals surface area contributed by atoms with Crippen molar-refractivity contribution in [2.75, 3.05) is 0 Å². The Hall–Kier alpha value is -2.81. The molecule has 3 N–H and O–H groups in total. The average Bonchev–Trinajstić information content (AvgIpc) is 3.22. The van der Waals surface area contributed by atoms with Gasteiger partial charge in [-0.15, -0.1) is 0 Å². The van der Waals surface area contributed by atoms with Crippen LogP contribution in [0.1, 0.15) is 62.9 Å². The molecule has 0 amide bonds. The van der Waals surface area contributed by atoms with Gasteiger partial charge in [-0.2, -0.15) is 4.98 Å². The van der Waals surface area contributed by atoms with Crippen LogP contribution in [0, 0.1) is 0 Å². The fourth-order valence-corrected chi connectivity index (χ4v) is 4.11. The number of aromatic amines is 1. The van der Waals surface area contributed by atoms with Crippen molar-refractivity contribution in [1.82, 2.24) is 24.7 Å². The van der Waals surface area contributed by atoms with Crippen molar-refractivity contribution in [3.63, 3.8) is 0 Å². The van der Waals surface area contributed by atoms with Gasteiger partial charge in [0.05, 0.1) is 16.5 Å². The second kappa shape index (κ2) is 6.10. The molecule has 0 saturated heterocycles. The van der Waals surface area contributed by atoms with Crippen LogP contribution in [0.5, 0.6) is 0 Å². The summed E-state index contributed by atoms with van der Waals surface area (Å²) in [4.78, 5) is 36.5. The van der Waals surface area contributed by atoms with Gasteiger partial charge in [-0.1, -0.05) is 18.0 Å². The summed E-state index contributed by atoms with van der Waals surface area (Å²) in [5.41, 5.74) is 6.62. The van der Waals surface area contributed by atoms with E-state index < -0.39 is 16.8 Å². The Morgan fingerprint density at radius 3 is 2.71 bits per heavy atom. The van der Waals surface area contributed by atoms with Crippen LogP contribution >= 0.6 is 0 Å². The first-order valence-corrected chi connectivity index (χ1v) is 9.81. The minimum Gasteiger partial charge on any atom is -0.334 e. The molecule has 2 saturated carbocycles. The van der Waals surface area contributed by atoms with Crippen molar-refractivity contribution in [2.24, 2.45) is 5.73 Å². The van der Waals surface area contributed by atoms with Crippen LogP contribution in [0.4, 0.5) is 0 Å². The lowest BCUT2D eigenvalue weighted by Gasteiger charge is -2.17. The first-order chi connectivity index (χ1) is 13.5. The van der Waals surface area contributed by atoms with Gasteiger partial charge in [-0.25, -0.2) is 9.78 Å². The van der Waals surface area contributed by atoms with Crippen molar-refractivity contribution in [2.45, 2.75) is 63.5 Å². The summed E-state index contributed by atoms with van der Waals surface area (Å²) in [5.74, 6) is 1.05. The Morgan fingerprint density at radius 2 is 2.04 bits per heavy atom. The predicted molar refractivity (Wildman–Crippen MR) is 102 cm³/mol. The number of fused-ring (bicyclic) bond motifs is 1. The van der Waals surface area contributed by atoms with E-state index in [-0.39, 0.29) is 5.89 Å². The van der Waals surface area contributed by atoms with E-state index in [2.05, 4.69) is 20.1 Å². The van der Waals surface area contributed by atoms with E-state index in [1.165, 1.54) is 4.57 Å². The Balaban J connectivity index is 1.76. The zero-order valence-electron chi connectivity index (χ0n) is 15.7. The maximum absolute atomic E-state index is 12.7. The molecule has 2 aliphatic rings. The van der Waals surface area contributed by atoms with Crippen LogP contribution in [0.25, 0.3) is 22.5 Å². The number of nitrogens with zero attached hydrogens (tertiary/aromatic N) is 4. The second-order valence-electron chi connectivity index (χ2n) is 7.86. The zero-order chi connectivity index (χ0) is 19.5. The summed E-state index contributed by atoms with van der Waals surface area (Å²) in [5, 5.41) is 4.41. The van der Waals surface area contributed by atoms with Gasteiger partial charge < -0.3 is 10.3 Å². The smallest absolute Gasteiger partial charge is 0.329 e. The number of aromatic nitrogens is 5. The molecule has 9 nitrogen and oxygen atoms in total. The van der Waals surface area contributed by atoms with Crippen LogP contribution in [0.15, 0.2) is 20.2 Å². The largest absolute Gasteiger partial charge is 0.334 e. The fourth-order valence-electron chi connectivity index (χ4n) is 4.11. The van der Waals surface area contributed by atoms with Gasteiger partial charge in [0.15, 0.2) is 11.5 Å². The standard InChI is InChI=1S/C19H22N6O3/c1-2-25-14-13(15(26)22-18(25)27)11(9-12(21-14)10-5-6-10)16-23-17(24-28-16)19(20)7-3-4-8-19/h9-10H,2-8,20H2,1H3,(H,22,26,27). The summed E-state index contributed by atoms with van der Waals surface area (Å²) in [7, 11) is 0. The van der Waals surface area contributed by atoms with Crippen LogP contribution in [-0.2, 0) is 12.1 Å². The lowest BCUT2D eigenvalue weighted by atomic mass is 9.98. The molecule has 0 bridgehead atoms. The third-order valence-corrected chi connectivity index (χ3v) is 5.88. The molecule has 0 aliphatic heterocycles. The van der Waals surface area contributed by atoms with Gasteiger partial charge >= 0.3 is 5.69 Å². The van der Waals surface area contributed by atoms with Crippen LogP contribution < -0.4 is 17.0 Å². The Morgan fingerprint density at radius 1 is 1.29 bits per heavy atom. The zero-order valence-corrected chi connectivity index (χ0v) is 15.7. The molecule has 0 unspecified atom stereocenters. The molecule has 3 aromatic heterocycles. The maximum Gasteiger partial charge on any atom is 0.329 e. The normalized spacial score (nSPS) is 18.8. The number of hydrogen-bond donors (Lipinski definition) is 2. The number of pyridine rings is 1. The highest BCUT2D eigenvalue weighted by atomic mass is 16.5. The highest BCUT2D eigenvalue weighted by Crippen LogP contribution is 2.41. The minimum absolute atomic E-state index is 0.243. The molecule has 0 spiro atoms. The van der Waals surface area contributed by atoms with Gasteiger partial charge in [0.2, 0.25) is 0 Å². The van der Waals surface area contributed by atoms with Crippen LogP contribution in [-0.4, -0.2) is 24.7 Å². The van der Waals surface area contributed by atoms with E-state index in [1.54, 1.807) is 0 Å². The van der Waals surface area contributed by atoms with E-state index in [0.717, 1.165) is 44.2 Å². The third-order valence-electron chi connectivity index (χ3n) is 5.88. The fraction of sp³-hybridized carbons (Fsp3) is 0.526. The topological polar surface area (TPSA) is 133 Å². The summed E-state index contributed by atoms with van der Waals surface area (Å²) in [6.45, 7) is 2.24. The number of rotatable bonds is 4. The molecule has 2 aliphatic carbocycles. The predicted octanol–water partition coefficient (Wildman–Crippen LogP) is 1.76. The minimum atomic E-state index is -0.582. The number of nitrogens with one attached hydrogen (secondary N) is 1. The van der Waals surface area contributed by atoms with Crippen molar-refractivity contribution >= 4 is 11.0 Å². The molecule has 0 atom stereocenters.